The lowest BCUT2D eigenvalue weighted by molar-refractivity contribution is 0.417. The molecule has 2 unspecified atom stereocenters. The van der Waals surface area contributed by atoms with Gasteiger partial charge in [-0.25, -0.2) is 8.42 Å². The summed E-state index contributed by atoms with van der Waals surface area (Å²) in [5, 5.41) is 4.00. The van der Waals surface area contributed by atoms with E-state index in [4.69, 9.17) is 17.0 Å². The first-order valence-electron chi connectivity index (χ1n) is 11.4. The molecule has 1 aliphatic rings. The van der Waals surface area contributed by atoms with E-state index in [1.165, 1.54) is 12.8 Å². The molecule has 1 saturated heterocycles. The molecule has 0 radical (unpaired) electrons. The molecule has 0 bridgehead atoms. The summed E-state index contributed by atoms with van der Waals surface area (Å²) in [6.45, 7) is 8.57. The number of benzene rings is 1. The molecule has 1 fully saturated rings. The van der Waals surface area contributed by atoms with Crippen molar-refractivity contribution in [2.24, 2.45) is 0 Å². The average molecular weight is 514 g/mol. The Kier molecular flexibility index (Phi) is 6.79. The Bertz CT molecular complexity index is 1350. The van der Waals surface area contributed by atoms with Crippen LogP contribution >= 0.6 is 12.2 Å². The van der Waals surface area contributed by atoms with E-state index in [1.54, 1.807) is 18.3 Å². The van der Waals surface area contributed by atoms with Crippen molar-refractivity contribution in [1.82, 2.24) is 14.9 Å². The molecule has 35 heavy (non-hydrogen) atoms. The van der Waals surface area contributed by atoms with Gasteiger partial charge in [-0.05, 0) is 81.9 Å². The summed E-state index contributed by atoms with van der Waals surface area (Å²) in [5.41, 5.74) is 5.42. The van der Waals surface area contributed by atoms with Gasteiger partial charge in [0.2, 0.25) is 10.0 Å². The molecule has 3 aromatic rings. The highest BCUT2D eigenvalue weighted by molar-refractivity contribution is 7.92. The van der Waals surface area contributed by atoms with Gasteiger partial charge in [-0.1, -0.05) is 6.07 Å². The minimum absolute atomic E-state index is 0.196. The Hall–Kier alpha value is -3.11. The molecule has 0 saturated carbocycles. The van der Waals surface area contributed by atoms with Crippen molar-refractivity contribution < 1.29 is 13.2 Å². The molecule has 2 aromatic heterocycles. The molecule has 8 nitrogen and oxygen atoms in total. The van der Waals surface area contributed by atoms with Crippen LogP contribution in [0.1, 0.15) is 54.6 Å². The Morgan fingerprint density at radius 1 is 1.17 bits per heavy atom. The molecule has 1 aromatic carbocycles. The van der Waals surface area contributed by atoms with Crippen molar-refractivity contribution in [2.75, 3.05) is 23.0 Å². The molecule has 3 heterocycles. The van der Waals surface area contributed by atoms with Gasteiger partial charge < -0.3 is 19.5 Å². The number of aromatic nitrogens is 2. The zero-order chi connectivity index (χ0) is 25.5. The number of hydrogen-bond donors (Lipinski definition) is 2. The van der Waals surface area contributed by atoms with Crippen molar-refractivity contribution in [3.63, 3.8) is 0 Å². The molecule has 4 rings (SSSR count). The minimum Gasteiger partial charge on any atom is -0.495 e. The molecular weight excluding hydrogens is 482 g/mol. The lowest BCUT2D eigenvalue weighted by Gasteiger charge is -2.29. The van der Waals surface area contributed by atoms with E-state index in [-0.39, 0.29) is 12.1 Å². The van der Waals surface area contributed by atoms with E-state index in [0.29, 0.717) is 22.6 Å². The fraction of sp³-hybridized carbons (Fsp3) is 0.360. The zero-order valence-corrected chi connectivity index (χ0v) is 22.4. The topological polar surface area (TPSA) is 88.5 Å². The van der Waals surface area contributed by atoms with E-state index >= 15 is 0 Å². The quantitative estimate of drug-likeness (QED) is 0.445. The van der Waals surface area contributed by atoms with E-state index in [2.05, 4.69) is 53.4 Å². The molecule has 0 aliphatic carbocycles. The Labute approximate surface area is 212 Å². The van der Waals surface area contributed by atoms with Crippen LogP contribution in [0.4, 0.5) is 11.4 Å². The fourth-order valence-electron chi connectivity index (χ4n) is 4.97. The van der Waals surface area contributed by atoms with Crippen LogP contribution in [-0.2, 0) is 10.0 Å². The normalized spacial score (nSPS) is 18.1. The van der Waals surface area contributed by atoms with Crippen LogP contribution in [0.3, 0.4) is 0 Å². The second-order valence-electron chi connectivity index (χ2n) is 9.05. The van der Waals surface area contributed by atoms with Gasteiger partial charge >= 0.3 is 0 Å². The first-order valence-corrected chi connectivity index (χ1v) is 13.7. The summed E-state index contributed by atoms with van der Waals surface area (Å²) in [4.78, 5) is 6.65. The number of aryl methyl sites for hydroxylation is 1. The van der Waals surface area contributed by atoms with Gasteiger partial charge in [0.15, 0.2) is 5.11 Å². The highest BCUT2D eigenvalue weighted by Gasteiger charge is 2.42. The third-order valence-electron chi connectivity index (χ3n) is 6.21. The van der Waals surface area contributed by atoms with Crippen molar-refractivity contribution in [3.8, 4) is 5.75 Å². The predicted molar refractivity (Wildman–Crippen MR) is 144 cm³/mol. The molecule has 10 heteroatoms. The summed E-state index contributed by atoms with van der Waals surface area (Å²) in [6, 6.07) is 13.3. The van der Waals surface area contributed by atoms with Gasteiger partial charge in [0, 0.05) is 29.3 Å². The summed E-state index contributed by atoms with van der Waals surface area (Å²) >= 11 is 5.84. The molecule has 186 valence electrons. The van der Waals surface area contributed by atoms with Crippen LogP contribution in [0, 0.1) is 13.8 Å². The second kappa shape index (κ2) is 9.50. The fourth-order valence-corrected chi connectivity index (χ4v) is 5.88. The molecule has 1 aliphatic heterocycles. The maximum atomic E-state index is 12.0. The number of anilines is 2. The number of methoxy groups -OCH3 is 1. The molecule has 0 spiro atoms. The lowest BCUT2D eigenvalue weighted by Crippen LogP contribution is -2.29. The Balaban J connectivity index is 1.90. The number of rotatable bonds is 7. The van der Waals surface area contributed by atoms with Crippen LogP contribution < -0.4 is 19.7 Å². The maximum absolute atomic E-state index is 12.0. The second-order valence-corrected chi connectivity index (χ2v) is 11.2. The SMILES string of the molecule is COc1ccc(N2C(=S)NC(c3ccccn3)C2c2cc(C)n(C(C)C)c2C)cc1NS(C)(=O)=O. The van der Waals surface area contributed by atoms with E-state index in [9.17, 15) is 8.42 Å². The predicted octanol–water partition coefficient (Wildman–Crippen LogP) is 4.64. The number of sulfonamides is 1. The van der Waals surface area contributed by atoms with Crippen LogP contribution in [0.2, 0.25) is 0 Å². The van der Waals surface area contributed by atoms with Gasteiger partial charge in [0.25, 0.3) is 0 Å². The van der Waals surface area contributed by atoms with Gasteiger partial charge in [-0.2, -0.15) is 0 Å². The third-order valence-corrected chi connectivity index (χ3v) is 7.12. The van der Waals surface area contributed by atoms with Gasteiger partial charge in [0.1, 0.15) is 5.75 Å². The largest absolute Gasteiger partial charge is 0.495 e. The Morgan fingerprint density at radius 2 is 1.91 bits per heavy atom. The molecule has 0 amide bonds. The van der Waals surface area contributed by atoms with E-state index in [1.807, 2.05) is 29.2 Å². The molecular formula is C25H31N5O3S2. The van der Waals surface area contributed by atoms with Gasteiger partial charge in [-0.3, -0.25) is 9.71 Å². The lowest BCUT2D eigenvalue weighted by atomic mass is 9.96. The van der Waals surface area contributed by atoms with Gasteiger partial charge in [-0.15, -0.1) is 0 Å². The first kappa shape index (κ1) is 25.0. The summed E-state index contributed by atoms with van der Waals surface area (Å²) in [7, 11) is -2.01. The van der Waals surface area contributed by atoms with Crippen LogP contribution in [0.5, 0.6) is 5.75 Å². The van der Waals surface area contributed by atoms with Gasteiger partial charge in [0.05, 0.1) is 36.8 Å². The van der Waals surface area contributed by atoms with Crippen molar-refractivity contribution >= 4 is 38.7 Å². The van der Waals surface area contributed by atoms with Crippen LogP contribution in [0.25, 0.3) is 0 Å². The number of ether oxygens (including phenoxy) is 1. The minimum atomic E-state index is -3.51. The van der Waals surface area contributed by atoms with E-state index in [0.717, 1.165) is 28.9 Å². The monoisotopic (exact) mass is 513 g/mol. The summed E-state index contributed by atoms with van der Waals surface area (Å²) in [6.07, 6.45) is 2.89. The molecule has 2 atom stereocenters. The molecule has 2 N–H and O–H groups in total. The smallest absolute Gasteiger partial charge is 0.229 e. The standard InChI is InChI=1S/C25H31N5O3S2/c1-15(2)29-16(3)13-19(17(29)4)24-23(20-9-7-8-12-26-20)27-25(34)30(24)18-10-11-22(33-5)21(14-18)28-35(6,31)32/h7-15,23-24,28H,1-6H3,(H,27,34). The van der Waals surface area contributed by atoms with Crippen molar-refractivity contribution in [2.45, 2.75) is 45.8 Å². The first-order chi connectivity index (χ1) is 16.5. The van der Waals surface area contributed by atoms with E-state index < -0.39 is 10.0 Å². The van der Waals surface area contributed by atoms with Crippen LogP contribution in [0.15, 0.2) is 48.7 Å². The summed E-state index contributed by atoms with van der Waals surface area (Å²) in [5.74, 6) is 0.424. The summed E-state index contributed by atoms with van der Waals surface area (Å²) < 4.78 is 34.3. The number of nitrogens with one attached hydrogen (secondary N) is 2. The highest BCUT2D eigenvalue weighted by atomic mass is 32.2. The highest BCUT2D eigenvalue weighted by Crippen LogP contribution is 2.45. The van der Waals surface area contributed by atoms with Crippen molar-refractivity contribution in [1.29, 1.82) is 0 Å². The number of pyridine rings is 1. The number of nitrogens with zero attached hydrogens (tertiary/aromatic N) is 3. The number of thiocarbonyl (C=S) groups is 1. The average Bonchev–Trinajstić information content (AvgIpc) is 3.28. The third kappa shape index (κ3) is 4.85. The Morgan fingerprint density at radius 3 is 2.49 bits per heavy atom. The van der Waals surface area contributed by atoms with Crippen molar-refractivity contribution in [3.05, 3.63) is 71.3 Å². The van der Waals surface area contributed by atoms with Crippen LogP contribution in [-0.4, -0.2) is 36.4 Å². The zero-order valence-electron chi connectivity index (χ0n) is 20.7. The number of hydrogen-bond acceptors (Lipinski definition) is 5. The maximum Gasteiger partial charge on any atom is 0.229 e.